The van der Waals surface area contributed by atoms with Crippen LogP contribution < -0.4 is 4.74 Å². The molecule has 0 aromatic carbocycles. The summed E-state index contributed by atoms with van der Waals surface area (Å²) in [6.45, 7) is 4.98. The zero-order valence-electron chi connectivity index (χ0n) is 11.4. The highest BCUT2D eigenvalue weighted by molar-refractivity contribution is 5.23. The highest BCUT2D eigenvalue weighted by Crippen LogP contribution is 2.31. The number of aromatic nitrogens is 2. The van der Waals surface area contributed by atoms with Crippen LogP contribution in [0.2, 0.25) is 0 Å². The third-order valence-electron chi connectivity index (χ3n) is 3.87. The van der Waals surface area contributed by atoms with Crippen molar-refractivity contribution in [3.63, 3.8) is 0 Å². The van der Waals surface area contributed by atoms with Gasteiger partial charge in [-0.3, -0.25) is 9.47 Å². The molecule has 2 aliphatic rings. The van der Waals surface area contributed by atoms with Gasteiger partial charge in [0.15, 0.2) is 0 Å². The van der Waals surface area contributed by atoms with Gasteiger partial charge in [0.25, 0.3) is 0 Å². The van der Waals surface area contributed by atoms with Crippen LogP contribution in [0.4, 0.5) is 5.82 Å². The lowest BCUT2D eigenvalue weighted by Crippen LogP contribution is -2.48. The van der Waals surface area contributed by atoms with Crippen LogP contribution in [0.5, 0.6) is 6.01 Å². The first-order valence-corrected chi connectivity index (χ1v) is 6.76. The second-order valence-electron chi connectivity index (χ2n) is 5.83. The average Bonchev–Trinajstić information content (AvgIpc) is 2.87. The number of nitro groups is 1. The zero-order valence-corrected chi connectivity index (χ0v) is 11.4. The van der Waals surface area contributed by atoms with E-state index in [1.54, 1.807) is 4.57 Å². The molecular formula is C12H18N4O4. The van der Waals surface area contributed by atoms with Crippen LogP contribution in [-0.4, -0.2) is 55.8 Å². The third-order valence-corrected chi connectivity index (χ3v) is 3.87. The number of rotatable bonds is 3. The topological polar surface area (TPSA) is 93.7 Å². The van der Waals surface area contributed by atoms with Gasteiger partial charge in [0.2, 0.25) is 0 Å². The van der Waals surface area contributed by atoms with E-state index in [0.29, 0.717) is 12.6 Å². The standard InChI is InChI=1S/C12H18N4O4/c1-12(7-14-4-2-9(17)3-5-14)8-15-6-10(16(18)19)13-11(15)20-12/h6,9,17H,2-5,7-8H2,1H3. The number of aliphatic hydroxyl groups is 1. The van der Waals surface area contributed by atoms with Gasteiger partial charge >= 0.3 is 11.8 Å². The van der Waals surface area contributed by atoms with Crippen LogP contribution in [-0.2, 0) is 6.54 Å². The van der Waals surface area contributed by atoms with Crippen molar-refractivity contribution in [1.29, 1.82) is 0 Å². The number of aliphatic hydroxyl groups excluding tert-OH is 1. The molecule has 1 N–H and O–H groups in total. The van der Waals surface area contributed by atoms with Gasteiger partial charge in [-0.05, 0) is 24.7 Å². The summed E-state index contributed by atoms with van der Waals surface area (Å²) in [6.07, 6.45) is 2.79. The molecule has 0 amide bonds. The minimum Gasteiger partial charge on any atom is -0.436 e. The molecule has 0 aliphatic carbocycles. The summed E-state index contributed by atoms with van der Waals surface area (Å²) < 4.78 is 7.49. The summed E-state index contributed by atoms with van der Waals surface area (Å²) in [5.74, 6) is -0.178. The monoisotopic (exact) mass is 282 g/mol. The number of hydrogen-bond donors (Lipinski definition) is 1. The lowest BCUT2D eigenvalue weighted by molar-refractivity contribution is -0.389. The SMILES string of the molecule is CC1(CN2CCC(O)CC2)Cn2cc([N+](=O)[O-])nc2O1. The van der Waals surface area contributed by atoms with Crippen molar-refractivity contribution < 1.29 is 14.8 Å². The minimum absolute atomic E-state index is 0.178. The number of fused-ring (bicyclic) bond motifs is 1. The number of imidazole rings is 1. The van der Waals surface area contributed by atoms with Crippen molar-refractivity contribution in [3.05, 3.63) is 16.3 Å². The summed E-state index contributed by atoms with van der Waals surface area (Å²) in [5.41, 5.74) is -0.417. The van der Waals surface area contributed by atoms with Crippen molar-refractivity contribution in [1.82, 2.24) is 14.5 Å². The molecule has 110 valence electrons. The van der Waals surface area contributed by atoms with Crippen LogP contribution in [0.25, 0.3) is 0 Å². The van der Waals surface area contributed by atoms with Gasteiger partial charge in [0, 0.05) is 24.6 Å². The number of hydrogen-bond acceptors (Lipinski definition) is 6. The van der Waals surface area contributed by atoms with Crippen LogP contribution in [0.3, 0.4) is 0 Å². The predicted molar refractivity (Wildman–Crippen MR) is 69.6 cm³/mol. The summed E-state index contributed by atoms with van der Waals surface area (Å²) in [4.78, 5) is 16.3. The van der Waals surface area contributed by atoms with Crippen LogP contribution in [0.1, 0.15) is 19.8 Å². The largest absolute Gasteiger partial charge is 0.436 e. The number of likely N-dealkylation sites (tertiary alicyclic amines) is 1. The second-order valence-corrected chi connectivity index (χ2v) is 5.83. The quantitative estimate of drug-likeness (QED) is 0.637. The molecule has 8 nitrogen and oxygen atoms in total. The Balaban J connectivity index is 1.64. The predicted octanol–water partition coefficient (Wildman–Crippen LogP) is 0.399. The Kier molecular flexibility index (Phi) is 3.14. The van der Waals surface area contributed by atoms with Crippen LogP contribution in [0, 0.1) is 10.1 Å². The Hall–Kier alpha value is -1.67. The average molecular weight is 282 g/mol. The van der Waals surface area contributed by atoms with Crippen molar-refractivity contribution in [3.8, 4) is 6.01 Å². The summed E-state index contributed by atoms with van der Waals surface area (Å²) in [7, 11) is 0. The molecule has 1 atom stereocenters. The molecule has 0 spiro atoms. The summed E-state index contributed by atoms with van der Waals surface area (Å²) >= 11 is 0. The van der Waals surface area contributed by atoms with E-state index in [1.165, 1.54) is 6.20 Å². The third kappa shape index (κ3) is 2.48. The van der Waals surface area contributed by atoms with Gasteiger partial charge in [-0.25, -0.2) is 0 Å². The molecule has 2 aliphatic heterocycles. The van der Waals surface area contributed by atoms with Gasteiger partial charge in [-0.15, -0.1) is 0 Å². The molecule has 3 rings (SSSR count). The first kappa shape index (κ1) is 13.3. The van der Waals surface area contributed by atoms with Crippen LogP contribution >= 0.6 is 0 Å². The molecule has 1 saturated heterocycles. The molecule has 1 fully saturated rings. The van der Waals surface area contributed by atoms with Gasteiger partial charge in [0.05, 0.1) is 12.6 Å². The normalized spacial score (nSPS) is 27.3. The van der Waals surface area contributed by atoms with Crippen molar-refractivity contribution in [2.24, 2.45) is 0 Å². The molecule has 0 bridgehead atoms. The fourth-order valence-corrected chi connectivity index (χ4v) is 2.91. The van der Waals surface area contributed by atoms with E-state index in [2.05, 4.69) is 9.88 Å². The highest BCUT2D eigenvalue weighted by Gasteiger charge is 2.41. The maximum Gasteiger partial charge on any atom is 0.415 e. The Labute approximate surface area is 116 Å². The molecule has 0 saturated carbocycles. The van der Waals surface area contributed by atoms with E-state index < -0.39 is 10.5 Å². The number of piperidine rings is 1. The summed E-state index contributed by atoms with van der Waals surface area (Å²) in [6, 6.07) is 0.316. The Bertz CT molecular complexity index is 498. The maximum atomic E-state index is 10.7. The van der Waals surface area contributed by atoms with Crippen molar-refractivity contribution in [2.45, 2.75) is 38.0 Å². The van der Waals surface area contributed by atoms with Gasteiger partial charge in [-0.1, -0.05) is 0 Å². The van der Waals surface area contributed by atoms with Gasteiger partial charge in [-0.2, -0.15) is 0 Å². The first-order valence-electron chi connectivity index (χ1n) is 6.76. The van der Waals surface area contributed by atoms with E-state index >= 15 is 0 Å². The highest BCUT2D eigenvalue weighted by atomic mass is 16.6. The lowest BCUT2D eigenvalue weighted by atomic mass is 10.0. The van der Waals surface area contributed by atoms with Crippen LogP contribution in [0.15, 0.2) is 6.20 Å². The maximum absolute atomic E-state index is 10.7. The lowest BCUT2D eigenvalue weighted by Gasteiger charge is -2.34. The Morgan fingerprint density at radius 2 is 2.30 bits per heavy atom. The fourth-order valence-electron chi connectivity index (χ4n) is 2.91. The van der Waals surface area contributed by atoms with E-state index in [4.69, 9.17) is 4.74 Å². The Morgan fingerprint density at radius 1 is 1.60 bits per heavy atom. The molecule has 3 heterocycles. The Morgan fingerprint density at radius 3 is 2.90 bits per heavy atom. The van der Waals surface area contributed by atoms with E-state index in [1.807, 2.05) is 6.92 Å². The molecule has 8 heteroatoms. The molecule has 1 aromatic rings. The number of nitrogens with zero attached hydrogens (tertiary/aromatic N) is 4. The fraction of sp³-hybridized carbons (Fsp3) is 0.750. The minimum atomic E-state index is -0.516. The van der Waals surface area contributed by atoms with E-state index in [9.17, 15) is 15.2 Å². The molecule has 1 aromatic heterocycles. The van der Waals surface area contributed by atoms with Crippen molar-refractivity contribution >= 4 is 5.82 Å². The van der Waals surface area contributed by atoms with Crippen molar-refractivity contribution in [2.75, 3.05) is 19.6 Å². The summed E-state index contributed by atoms with van der Waals surface area (Å²) in [5, 5.41) is 20.2. The zero-order chi connectivity index (χ0) is 14.3. The second kappa shape index (κ2) is 4.71. The molecular weight excluding hydrogens is 264 g/mol. The smallest absolute Gasteiger partial charge is 0.415 e. The van der Waals surface area contributed by atoms with E-state index in [0.717, 1.165) is 32.5 Å². The molecule has 20 heavy (non-hydrogen) atoms. The van der Waals surface area contributed by atoms with Gasteiger partial charge < -0.3 is 20.0 Å². The van der Waals surface area contributed by atoms with E-state index in [-0.39, 0.29) is 11.9 Å². The number of ether oxygens (including phenoxy) is 1. The molecule has 1 unspecified atom stereocenters. The molecule has 0 radical (unpaired) electrons. The first-order chi connectivity index (χ1) is 9.45. The van der Waals surface area contributed by atoms with Gasteiger partial charge in [0.1, 0.15) is 11.8 Å².